The van der Waals surface area contributed by atoms with E-state index in [0.717, 1.165) is 10.0 Å². The molecule has 0 heterocycles. The van der Waals surface area contributed by atoms with Crippen molar-refractivity contribution in [1.82, 2.24) is 4.90 Å². The van der Waals surface area contributed by atoms with Crippen LogP contribution in [-0.2, 0) is 6.42 Å². The maximum atomic E-state index is 10.3. The van der Waals surface area contributed by atoms with Crippen LogP contribution in [-0.4, -0.2) is 35.7 Å². The average Bonchev–Trinajstić information content (AvgIpc) is 2.21. The summed E-state index contributed by atoms with van der Waals surface area (Å²) in [6, 6.07) is 8.02. The maximum Gasteiger partial charge on any atom is 0.0758 e. The van der Waals surface area contributed by atoms with Crippen molar-refractivity contribution in [3.05, 3.63) is 34.3 Å². The molecule has 0 fully saturated rings. The molecule has 1 atom stereocenters. The fourth-order valence-corrected chi connectivity index (χ4v) is 1.87. The number of hydrogen-bond donors (Lipinski definition) is 1. The van der Waals surface area contributed by atoms with Crippen LogP contribution in [0, 0.1) is 0 Å². The van der Waals surface area contributed by atoms with E-state index in [1.54, 1.807) is 0 Å². The van der Waals surface area contributed by atoms with E-state index in [4.69, 9.17) is 0 Å². The first-order valence-corrected chi connectivity index (χ1v) is 6.24. The van der Waals surface area contributed by atoms with Crippen LogP contribution < -0.4 is 0 Å². The molecular weight excluding hydrogens is 266 g/mol. The summed E-state index contributed by atoms with van der Waals surface area (Å²) in [5.74, 6) is 0. The highest BCUT2D eigenvalue weighted by atomic mass is 79.9. The number of rotatable bonds is 4. The van der Waals surface area contributed by atoms with Crippen molar-refractivity contribution in [3.8, 4) is 0 Å². The van der Waals surface area contributed by atoms with Gasteiger partial charge in [-0.2, -0.15) is 0 Å². The standard InChI is InChI=1S/C13H20BrNO/c1-13(2,15(3)4)12(16)9-10-7-5-6-8-11(10)14/h5-8,12,16H,9H2,1-4H3. The highest BCUT2D eigenvalue weighted by Gasteiger charge is 2.30. The van der Waals surface area contributed by atoms with E-state index in [1.165, 1.54) is 0 Å². The molecule has 16 heavy (non-hydrogen) atoms. The van der Waals surface area contributed by atoms with Gasteiger partial charge in [-0.05, 0) is 39.6 Å². The third kappa shape index (κ3) is 3.06. The molecule has 0 aliphatic carbocycles. The third-order valence-corrected chi connectivity index (χ3v) is 4.11. The Morgan fingerprint density at radius 3 is 2.38 bits per heavy atom. The van der Waals surface area contributed by atoms with Crippen LogP contribution in [0.1, 0.15) is 19.4 Å². The number of benzene rings is 1. The number of likely N-dealkylation sites (N-methyl/N-ethyl adjacent to an activating group) is 1. The summed E-state index contributed by atoms with van der Waals surface area (Å²) in [5.41, 5.74) is 0.917. The Bertz CT molecular complexity index is 350. The Balaban J connectivity index is 2.79. The molecule has 0 radical (unpaired) electrons. The minimum absolute atomic E-state index is 0.227. The average molecular weight is 286 g/mol. The van der Waals surface area contributed by atoms with Crippen LogP contribution in [0.4, 0.5) is 0 Å². The lowest BCUT2D eigenvalue weighted by atomic mass is 9.91. The Kier molecular flexibility index (Phi) is 4.53. The molecule has 0 saturated heterocycles. The van der Waals surface area contributed by atoms with Gasteiger partial charge < -0.3 is 10.0 Å². The first kappa shape index (κ1) is 13.7. The van der Waals surface area contributed by atoms with Crippen molar-refractivity contribution in [2.24, 2.45) is 0 Å². The monoisotopic (exact) mass is 285 g/mol. The molecule has 0 aliphatic rings. The van der Waals surface area contributed by atoms with Crippen molar-refractivity contribution in [3.63, 3.8) is 0 Å². The van der Waals surface area contributed by atoms with E-state index in [2.05, 4.69) is 34.7 Å². The van der Waals surface area contributed by atoms with Gasteiger partial charge in [0.05, 0.1) is 6.10 Å². The molecule has 2 nitrogen and oxygen atoms in total. The van der Waals surface area contributed by atoms with Crippen molar-refractivity contribution in [2.45, 2.75) is 31.9 Å². The summed E-state index contributed by atoms with van der Waals surface area (Å²) in [7, 11) is 3.98. The minimum Gasteiger partial charge on any atom is -0.391 e. The van der Waals surface area contributed by atoms with E-state index < -0.39 is 0 Å². The summed E-state index contributed by atoms with van der Waals surface area (Å²) in [4.78, 5) is 2.05. The normalized spacial score (nSPS) is 14.2. The molecule has 0 bridgehead atoms. The quantitative estimate of drug-likeness (QED) is 0.920. The highest BCUT2D eigenvalue weighted by molar-refractivity contribution is 9.10. The predicted molar refractivity (Wildman–Crippen MR) is 71.6 cm³/mol. The Labute approximate surface area is 106 Å². The predicted octanol–water partition coefficient (Wildman–Crippen LogP) is 2.69. The van der Waals surface area contributed by atoms with Crippen molar-refractivity contribution in [2.75, 3.05) is 14.1 Å². The molecule has 1 rings (SSSR count). The van der Waals surface area contributed by atoms with E-state index in [1.807, 2.05) is 38.4 Å². The van der Waals surface area contributed by atoms with Gasteiger partial charge in [-0.25, -0.2) is 0 Å². The number of halogens is 1. The molecule has 0 aromatic heterocycles. The summed E-state index contributed by atoms with van der Waals surface area (Å²) in [5, 5.41) is 10.3. The van der Waals surface area contributed by atoms with Crippen LogP contribution in [0.2, 0.25) is 0 Å². The zero-order valence-corrected chi connectivity index (χ0v) is 12.0. The summed E-state index contributed by atoms with van der Waals surface area (Å²) < 4.78 is 1.06. The van der Waals surface area contributed by atoms with Crippen molar-refractivity contribution in [1.29, 1.82) is 0 Å². The molecule has 0 spiro atoms. The molecule has 1 aromatic carbocycles. The molecule has 1 aromatic rings. The number of aliphatic hydroxyl groups excluding tert-OH is 1. The van der Waals surface area contributed by atoms with Gasteiger partial charge in [0.15, 0.2) is 0 Å². The van der Waals surface area contributed by atoms with E-state index in [9.17, 15) is 5.11 Å². The molecule has 0 aliphatic heterocycles. The van der Waals surface area contributed by atoms with Crippen molar-refractivity contribution >= 4 is 15.9 Å². The van der Waals surface area contributed by atoms with Gasteiger partial charge in [-0.15, -0.1) is 0 Å². The lowest BCUT2D eigenvalue weighted by Gasteiger charge is -2.37. The number of hydrogen-bond acceptors (Lipinski definition) is 2. The third-order valence-electron chi connectivity index (χ3n) is 3.34. The number of aliphatic hydroxyl groups is 1. The SMILES string of the molecule is CN(C)C(C)(C)C(O)Cc1ccccc1Br. The molecule has 1 unspecified atom stereocenters. The topological polar surface area (TPSA) is 23.5 Å². The smallest absolute Gasteiger partial charge is 0.0758 e. The zero-order valence-electron chi connectivity index (χ0n) is 10.4. The minimum atomic E-state index is -0.388. The van der Waals surface area contributed by atoms with Gasteiger partial charge in [0.25, 0.3) is 0 Å². The lowest BCUT2D eigenvalue weighted by Crippen LogP contribution is -2.49. The van der Waals surface area contributed by atoms with Gasteiger partial charge in [0, 0.05) is 16.4 Å². The van der Waals surface area contributed by atoms with Crippen LogP contribution in [0.5, 0.6) is 0 Å². The Morgan fingerprint density at radius 1 is 1.31 bits per heavy atom. The second-order valence-corrected chi connectivity index (χ2v) is 5.71. The Morgan fingerprint density at radius 2 is 1.88 bits per heavy atom. The summed E-state index contributed by atoms with van der Waals surface area (Å²) in [6.45, 7) is 4.10. The van der Waals surface area contributed by atoms with Gasteiger partial charge in [-0.1, -0.05) is 34.1 Å². The van der Waals surface area contributed by atoms with Gasteiger partial charge in [-0.3, -0.25) is 0 Å². The molecule has 3 heteroatoms. The Hall–Kier alpha value is -0.380. The van der Waals surface area contributed by atoms with E-state index in [0.29, 0.717) is 6.42 Å². The van der Waals surface area contributed by atoms with Gasteiger partial charge >= 0.3 is 0 Å². The van der Waals surface area contributed by atoms with E-state index >= 15 is 0 Å². The van der Waals surface area contributed by atoms with Crippen LogP contribution >= 0.6 is 15.9 Å². The van der Waals surface area contributed by atoms with Crippen molar-refractivity contribution < 1.29 is 5.11 Å². The molecule has 1 N–H and O–H groups in total. The van der Waals surface area contributed by atoms with Crippen LogP contribution in [0.25, 0.3) is 0 Å². The first-order valence-electron chi connectivity index (χ1n) is 5.44. The van der Waals surface area contributed by atoms with Crippen LogP contribution in [0.15, 0.2) is 28.7 Å². The molecule has 0 saturated carbocycles. The zero-order chi connectivity index (χ0) is 12.3. The second-order valence-electron chi connectivity index (χ2n) is 4.86. The van der Waals surface area contributed by atoms with E-state index in [-0.39, 0.29) is 11.6 Å². The fourth-order valence-electron chi connectivity index (χ4n) is 1.42. The lowest BCUT2D eigenvalue weighted by molar-refractivity contribution is 0.0182. The molecule has 0 amide bonds. The summed E-state index contributed by atoms with van der Waals surface area (Å²) in [6.07, 6.45) is 0.272. The molecule has 90 valence electrons. The maximum absolute atomic E-state index is 10.3. The fraction of sp³-hybridized carbons (Fsp3) is 0.538. The first-order chi connectivity index (χ1) is 7.35. The second kappa shape index (κ2) is 5.30. The number of nitrogens with zero attached hydrogens (tertiary/aromatic N) is 1. The van der Waals surface area contributed by atoms with Gasteiger partial charge in [0.1, 0.15) is 0 Å². The molecular formula is C13H20BrNO. The van der Waals surface area contributed by atoms with Crippen LogP contribution in [0.3, 0.4) is 0 Å². The summed E-state index contributed by atoms with van der Waals surface area (Å²) >= 11 is 3.50. The highest BCUT2D eigenvalue weighted by Crippen LogP contribution is 2.23. The largest absolute Gasteiger partial charge is 0.391 e. The van der Waals surface area contributed by atoms with Gasteiger partial charge in [0.2, 0.25) is 0 Å².